The number of nitrogens with zero attached hydrogens (tertiary/aromatic N) is 3. The average Bonchev–Trinajstić information content (AvgIpc) is 3.58. The number of aliphatic imine (C=N–C) groups is 3. The van der Waals surface area contributed by atoms with Gasteiger partial charge in [-0.05, 0) is 29.2 Å². The largest absolute Gasteiger partial charge is 0.479 e. The zero-order chi connectivity index (χ0) is 21.3. The van der Waals surface area contributed by atoms with Gasteiger partial charge in [-0.1, -0.05) is 48.5 Å². The Morgan fingerprint density at radius 2 is 1.41 bits per heavy atom. The molecule has 3 aliphatic heterocycles. The van der Waals surface area contributed by atoms with Crippen LogP contribution in [0, 0.1) is 5.41 Å². The van der Waals surface area contributed by atoms with E-state index in [1.54, 1.807) is 0 Å². The van der Waals surface area contributed by atoms with E-state index < -0.39 is 5.41 Å². The van der Waals surface area contributed by atoms with Crippen molar-refractivity contribution in [2.24, 2.45) is 20.4 Å². The molecular formula is C26H25N3O3. The maximum Gasteiger partial charge on any atom is 0.200 e. The van der Waals surface area contributed by atoms with Gasteiger partial charge in [-0.2, -0.15) is 0 Å². The number of rotatable bonds is 4. The van der Waals surface area contributed by atoms with Crippen molar-refractivity contribution in [3.8, 4) is 0 Å². The predicted octanol–water partition coefficient (Wildman–Crippen LogP) is 4.00. The van der Waals surface area contributed by atoms with E-state index in [-0.39, 0.29) is 24.3 Å². The Labute approximate surface area is 187 Å². The number of fused-ring (bicyclic) bond motifs is 6. The summed E-state index contributed by atoms with van der Waals surface area (Å²) in [6.07, 6.45) is 2.39. The van der Waals surface area contributed by atoms with Gasteiger partial charge in [-0.3, -0.25) is 4.99 Å². The second-order valence-electron chi connectivity index (χ2n) is 9.51. The highest BCUT2D eigenvalue weighted by atomic mass is 16.5. The number of hydrogen-bond donors (Lipinski definition) is 0. The van der Waals surface area contributed by atoms with Crippen molar-refractivity contribution in [2.45, 2.75) is 50.5 Å². The predicted molar refractivity (Wildman–Crippen MR) is 121 cm³/mol. The van der Waals surface area contributed by atoms with Gasteiger partial charge in [0.1, 0.15) is 36.3 Å². The second-order valence-corrected chi connectivity index (χ2v) is 9.51. The summed E-state index contributed by atoms with van der Waals surface area (Å²) in [5, 5.41) is 0. The molecule has 0 radical (unpaired) electrons. The normalized spacial score (nSPS) is 29.1. The molecule has 6 nitrogen and oxygen atoms in total. The van der Waals surface area contributed by atoms with Crippen molar-refractivity contribution >= 4 is 17.7 Å². The topological polar surface area (TPSA) is 64.8 Å². The SMILES string of the molecule is CC(CC1=NCCO1)(C1=N[C@H]2c3ccccc3C[C@H]2O1)C1=N[C@H]2c3ccccc3C[C@H]2O1. The van der Waals surface area contributed by atoms with Crippen LogP contribution in [0.15, 0.2) is 63.5 Å². The van der Waals surface area contributed by atoms with Gasteiger partial charge in [0.25, 0.3) is 0 Å². The van der Waals surface area contributed by atoms with E-state index >= 15 is 0 Å². The molecule has 6 heteroatoms. The van der Waals surface area contributed by atoms with Crippen LogP contribution < -0.4 is 0 Å². The van der Waals surface area contributed by atoms with Crippen LogP contribution in [-0.4, -0.2) is 43.1 Å². The molecule has 2 aliphatic carbocycles. The minimum atomic E-state index is -0.637. The fourth-order valence-corrected chi connectivity index (χ4v) is 5.77. The van der Waals surface area contributed by atoms with Gasteiger partial charge in [-0.15, -0.1) is 0 Å². The summed E-state index contributed by atoms with van der Waals surface area (Å²) < 4.78 is 18.8. The summed E-state index contributed by atoms with van der Waals surface area (Å²) in [5.74, 6) is 2.14. The number of hydrogen-bond acceptors (Lipinski definition) is 6. The molecule has 0 N–H and O–H groups in total. The van der Waals surface area contributed by atoms with Gasteiger partial charge in [0.15, 0.2) is 5.90 Å². The Hall–Kier alpha value is -3.15. The van der Waals surface area contributed by atoms with Crippen molar-refractivity contribution in [1.29, 1.82) is 0 Å². The Morgan fingerprint density at radius 3 is 1.94 bits per heavy atom. The molecule has 0 bridgehead atoms. The average molecular weight is 428 g/mol. The maximum atomic E-state index is 6.53. The highest BCUT2D eigenvalue weighted by Crippen LogP contribution is 2.48. The molecule has 0 saturated carbocycles. The van der Waals surface area contributed by atoms with Crippen LogP contribution in [0.3, 0.4) is 0 Å². The quantitative estimate of drug-likeness (QED) is 0.741. The van der Waals surface area contributed by atoms with Gasteiger partial charge in [0.05, 0.1) is 6.54 Å². The first-order valence-electron chi connectivity index (χ1n) is 11.5. The lowest BCUT2D eigenvalue weighted by Crippen LogP contribution is -2.41. The minimum Gasteiger partial charge on any atom is -0.479 e. The van der Waals surface area contributed by atoms with Gasteiger partial charge >= 0.3 is 0 Å². The molecule has 32 heavy (non-hydrogen) atoms. The summed E-state index contributed by atoms with van der Waals surface area (Å²) in [6, 6.07) is 17.1. The molecule has 4 atom stereocenters. The van der Waals surface area contributed by atoms with Gasteiger partial charge in [-0.25, -0.2) is 9.98 Å². The number of ether oxygens (including phenoxy) is 3. The smallest absolute Gasteiger partial charge is 0.200 e. The molecule has 2 aromatic carbocycles. The number of benzene rings is 2. The molecule has 2 aromatic rings. The Morgan fingerprint density at radius 1 is 0.844 bits per heavy atom. The zero-order valence-corrected chi connectivity index (χ0v) is 18.0. The minimum absolute atomic E-state index is 0.0363. The van der Waals surface area contributed by atoms with E-state index in [4.69, 9.17) is 24.2 Å². The van der Waals surface area contributed by atoms with Crippen molar-refractivity contribution in [3.63, 3.8) is 0 Å². The summed E-state index contributed by atoms with van der Waals surface area (Å²) in [7, 11) is 0. The van der Waals surface area contributed by atoms with E-state index in [0.717, 1.165) is 18.7 Å². The fourth-order valence-electron chi connectivity index (χ4n) is 5.77. The van der Waals surface area contributed by atoms with Gasteiger partial charge < -0.3 is 14.2 Å². The lowest BCUT2D eigenvalue weighted by Gasteiger charge is -2.29. The van der Waals surface area contributed by atoms with Crippen LogP contribution in [-0.2, 0) is 27.1 Å². The van der Waals surface area contributed by atoms with Crippen LogP contribution in [0.25, 0.3) is 0 Å². The van der Waals surface area contributed by atoms with Crippen LogP contribution in [0.4, 0.5) is 0 Å². The molecular weight excluding hydrogens is 402 g/mol. The lowest BCUT2D eigenvalue weighted by atomic mass is 9.85. The van der Waals surface area contributed by atoms with Crippen molar-refractivity contribution < 1.29 is 14.2 Å². The van der Waals surface area contributed by atoms with Crippen LogP contribution in [0.5, 0.6) is 0 Å². The highest BCUT2D eigenvalue weighted by molar-refractivity contribution is 6.09. The van der Waals surface area contributed by atoms with E-state index in [1.165, 1.54) is 22.3 Å². The van der Waals surface area contributed by atoms with Crippen molar-refractivity contribution in [2.75, 3.05) is 13.2 Å². The third-order valence-corrected chi connectivity index (χ3v) is 7.43. The molecule has 0 amide bonds. The standard InChI is InChI=1S/C26H25N3O3/c1-26(14-21-27-10-11-30-21,24-28-22-17-8-4-2-6-15(17)12-19(22)31-24)25-29-23-18-9-5-3-7-16(18)13-20(23)32-25/h2-9,19-20,22-23H,10-14H2,1H3/t19-,20-,22+,23+/m1/s1. The first kappa shape index (κ1) is 18.4. The summed E-state index contributed by atoms with van der Waals surface area (Å²) >= 11 is 0. The lowest BCUT2D eigenvalue weighted by molar-refractivity contribution is 0.166. The van der Waals surface area contributed by atoms with Crippen LogP contribution >= 0.6 is 0 Å². The summed E-state index contributed by atoms with van der Waals surface area (Å²) in [4.78, 5) is 14.8. The summed E-state index contributed by atoms with van der Waals surface area (Å²) in [5.41, 5.74) is 4.56. The molecule has 0 aromatic heterocycles. The highest BCUT2D eigenvalue weighted by Gasteiger charge is 2.53. The first-order chi connectivity index (χ1) is 15.7. The Kier molecular flexibility index (Phi) is 3.84. The molecule has 3 heterocycles. The van der Waals surface area contributed by atoms with E-state index in [9.17, 15) is 0 Å². The first-order valence-corrected chi connectivity index (χ1v) is 11.5. The van der Waals surface area contributed by atoms with Gasteiger partial charge in [0.2, 0.25) is 11.8 Å². The monoisotopic (exact) mass is 427 g/mol. The van der Waals surface area contributed by atoms with Crippen LogP contribution in [0.1, 0.15) is 47.7 Å². The Balaban J connectivity index is 1.27. The van der Waals surface area contributed by atoms with E-state index in [0.29, 0.717) is 31.4 Å². The molecule has 0 fully saturated rings. The van der Waals surface area contributed by atoms with Crippen molar-refractivity contribution in [3.05, 3.63) is 70.8 Å². The zero-order valence-electron chi connectivity index (χ0n) is 18.0. The fraction of sp³-hybridized carbons (Fsp3) is 0.423. The molecule has 0 unspecified atom stereocenters. The maximum absolute atomic E-state index is 6.53. The van der Waals surface area contributed by atoms with E-state index in [2.05, 4.69) is 60.4 Å². The van der Waals surface area contributed by atoms with Crippen molar-refractivity contribution in [1.82, 2.24) is 0 Å². The summed E-state index contributed by atoms with van der Waals surface area (Å²) in [6.45, 7) is 3.45. The molecule has 5 aliphatic rings. The van der Waals surface area contributed by atoms with Crippen LogP contribution in [0.2, 0.25) is 0 Å². The van der Waals surface area contributed by atoms with Gasteiger partial charge in [0, 0.05) is 19.3 Å². The molecule has 162 valence electrons. The second kappa shape index (κ2) is 6.67. The third-order valence-electron chi connectivity index (χ3n) is 7.43. The van der Waals surface area contributed by atoms with E-state index in [1.807, 2.05) is 0 Å². The molecule has 0 saturated heterocycles. The Bertz CT molecular complexity index is 1120. The molecule has 0 spiro atoms. The molecule has 7 rings (SSSR count). The third kappa shape index (κ3) is 2.61.